The Morgan fingerprint density at radius 2 is 1.90 bits per heavy atom. The number of methoxy groups -OCH3 is 1. The van der Waals surface area contributed by atoms with Gasteiger partial charge in [0.05, 0.1) is 30.1 Å². The van der Waals surface area contributed by atoms with Crippen molar-refractivity contribution < 1.29 is 24.2 Å². The lowest BCUT2D eigenvalue weighted by Crippen LogP contribution is -2.25. The number of thioether (sulfide) groups is 1. The van der Waals surface area contributed by atoms with Gasteiger partial charge in [-0.3, -0.25) is 4.79 Å². The van der Waals surface area contributed by atoms with E-state index in [1.165, 1.54) is 23.9 Å². The minimum Gasteiger partial charge on any atom is -0.545 e. The molecule has 0 unspecified atom stereocenters. The normalized spacial score (nSPS) is 10.4. The Bertz CT molecular complexity index is 1070. The van der Waals surface area contributed by atoms with Crippen LogP contribution < -0.4 is 10.4 Å². The Kier molecular flexibility index (Phi) is 6.75. The van der Waals surface area contributed by atoms with Crippen LogP contribution in [0.25, 0.3) is 5.69 Å². The Morgan fingerprint density at radius 3 is 2.60 bits per heavy atom. The van der Waals surface area contributed by atoms with E-state index in [9.17, 15) is 19.5 Å². The van der Waals surface area contributed by atoms with E-state index in [2.05, 4.69) is 25.6 Å². The standard InChI is InChI=1S/C19H17N5O5S/c1-29-18(28)13-5-7-15(8-6-13)24-19(21-22-23-24)30-11-16(25)20-10-12-3-2-4-14(9-12)17(26)27/h2-9H,10-11H2,1H3,(H,20,25)(H,26,27)/p-1. The van der Waals surface area contributed by atoms with Crippen LogP contribution in [-0.2, 0) is 16.1 Å². The third-order valence-electron chi connectivity index (χ3n) is 3.96. The zero-order valence-corrected chi connectivity index (χ0v) is 16.6. The van der Waals surface area contributed by atoms with Crippen molar-refractivity contribution in [3.8, 4) is 5.69 Å². The van der Waals surface area contributed by atoms with Crippen LogP contribution in [0.2, 0.25) is 0 Å². The highest BCUT2D eigenvalue weighted by molar-refractivity contribution is 7.99. The first-order valence-electron chi connectivity index (χ1n) is 8.65. The van der Waals surface area contributed by atoms with E-state index in [1.807, 2.05) is 0 Å². The Balaban J connectivity index is 1.57. The number of amides is 1. The molecule has 0 aliphatic carbocycles. The summed E-state index contributed by atoms with van der Waals surface area (Å²) in [5, 5.41) is 25.4. The van der Waals surface area contributed by atoms with E-state index >= 15 is 0 Å². The monoisotopic (exact) mass is 426 g/mol. The average molecular weight is 426 g/mol. The van der Waals surface area contributed by atoms with Gasteiger partial charge in [-0.05, 0) is 51.9 Å². The maximum absolute atomic E-state index is 12.1. The molecule has 11 heteroatoms. The predicted molar refractivity (Wildman–Crippen MR) is 104 cm³/mol. The van der Waals surface area contributed by atoms with Crippen LogP contribution in [0.1, 0.15) is 26.3 Å². The topological polar surface area (TPSA) is 139 Å². The number of hydrogen-bond acceptors (Lipinski definition) is 9. The van der Waals surface area contributed by atoms with E-state index in [1.54, 1.807) is 36.4 Å². The summed E-state index contributed by atoms with van der Waals surface area (Å²) in [6, 6.07) is 12.7. The lowest BCUT2D eigenvalue weighted by Gasteiger charge is -2.08. The molecule has 2 aromatic carbocycles. The molecule has 0 bridgehead atoms. The number of esters is 1. The molecule has 30 heavy (non-hydrogen) atoms. The molecule has 0 atom stereocenters. The molecule has 10 nitrogen and oxygen atoms in total. The van der Waals surface area contributed by atoms with Crippen LogP contribution in [0.4, 0.5) is 0 Å². The van der Waals surface area contributed by atoms with Gasteiger partial charge in [-0.1, -0.05) is 30.0 Å². The SMILES string of the molecule is COC(=O)c1ccc(-n2nnnc2SCC(=O)NCc2cccc(C(=O)[O-])c2)cc1. The van der Waals surface area contributed by atoms with Crippen molar-refractivity contribution in [3.05, 3.63) is 65.2 Å². The second-order valence-corrected chi connectivity index (χ2v) is 6.91. The van der Waals surface area contributed by atoms with Gasteiger partial charge in [-0.2, -0.15) is 4.68 Å². The summed E-state index contributed by atoms with van der Waals surface area (Å²) in [6.07, 6.45) is 0. The van der Waals surface area contributed by atoms with Gasteiger partial charge in [0.2, 0.25) is 11.1 Å². The van der Waals surface area contributed by atoms with Crippen LogP contribution in [0.5, 0.6) is 0 Å². The molecule has 3 rings (SSSR count). The summed E-state index contributed by atoms with van der Waals surface area (Å²) in [6.45, 7) is 0.181. The molecule has 0 fully saturated rings. The minimum absolute atomic E-state index is 0.0496. The number of ether oxygens (including phenoxy) is 1. The van der Waals surface area contributed by atoms with Gasteiger partial charge >= 0.3 is 5.97 Å². The molecule has 0 radical (unpaired) electrons. The second kappa shape index (κ2) is 9.65. The highest BCUT2D eigenvalue weighted by atomic mass is 32.2. The van der Waals surface area contributed by atoms with E-state index in [4.69, 9.17) is 0 Å². The molecule has 0 aliphatic heterocycles. The maximum atomic E-state index is 12.1. The molecule has 1 amide bonds. The van der Waals surface area contributed by atoms with Crippen molar-refractivity contribution in [1.82, 2.24) is 25.5 Å². The Hall–Kier alpha value is -3.73. The van der Waals surface area contributed by atoms with Gasteiger partial charge in [-0.25, -0.2) is 4.79 Å². The van der Waals surface area contributed by atoms with Gasteiger partial charge in [0.1, 0.15) is 0 Å². The molecule has 1 heterocycles. The van der Waals surface area contributed by atoms with Crippen molar-refractivity contribution in [2.75, 3.05) is 12.9 Å². The summed E-state index contributed by atoms with van der Waals surface area (Å²) in [5.74, 6) is -1.94. The zero-order valence-electron chi connectivity index (χ0n) is 15.8. The lowest BCUT2D eigenvalue weighted by atomic mass is 10.1. The lowest BCUT2D eigenvalue weighted by molar-refractivity contribution is -0.255. The Labute approximate surface area is 175 Å². The maximum Gasteiger partial charge on any atom is 0.337 e. The smallest absolute Gasteiger partial charge is 0.337 e. The number of aromatic nitrogens is 4. The fraction of sp³-hybridized carbons (Fsp3) is 0.158. The number of rotatable bonds is 8. The first-order valence-corrected chi connectivity index (χ1v) is 9.63. The van der Waals surface area contributed by atoms with Gasteiger partial charge in [0.25, 0.3) is 0 Å². The van der Waals surface area contributed by atoms with Crippen molar-refractivity contribution in [3.63, 3.8) is 0 Å². The van der Waals surface area contributed by atoms with Crippen molar-refractivity contribution >= 4 is 29.6 Å². The molecule has 3 aromatic rings. The highest BCUT2D eigenvalue weighted by Gasteiger charge is 2.13. The number of carboxylic acids is 1. The summed E-state index contributed by atoms with van der Waals surface area (Å²) >= 11 is 1.13. The quantitative estimate of drug-likeness (QED) is 0.396. The molecule has 0 saturated heterocycles. The van der Waals surface area contributed by atoms with Crippen molar-refractivity contribution in [2.24, 2.45) is 0 Å². The van der Waals surface area contributed by atoms with Crippen molar-refractivity contribution in [1.29, 1.82) is 0 Å². The van der Waals surface area contributed by atoms with Crippen LogP contribution in [-0.4, -0.2) is 50.9 Å². The van der Waals surface area contributed by atoms with E-state index in [-0.39, 0.29) is 23.8 Å². The molecule has 0 saturated carbocycles. The molecule has 1 aromatic heterocycles. The van der Waals surface area contributed by atoms with Gasteiger partial charge in [-0.15, -0.1) is 5.10 Å². The highest BCUT2D eigenvalue weighted by Crippen LogP contribution is 2.18. The number of tetrazole rings is 1. The fourth-order valence-electron chi connectivity index (χ4n) is 2.48. The number of carbonyl (C=O) groups excluding carboxylic acids is 3. The minimum atomic E-state index is -1.27. The van der Waals surface area contributed by atoms with Crippen molar-refractivity contribution in [2.45, 2.75) is 11.7 Å². The molecular formula is C19H16N5O5S-. The molecule has 0 aliphatic rings. The zero-order chi connectivity index (χ0) is 21.5. The summed E-state index contributed by atoms with van der Waals surface area (Å²) in [4.78, 5) is 34.6. The number of nitrogens with zero attached hydrogens (tertiary/aromatic N) is 4. The summed E-state index contributed by atoms with van der Waals surface area (Å²) < 4.78 is 6.11. The molecule has 0 spiro atoms. The van der Waals surface area contributed by atoms with E-state index in [0.717, 1.165) is 11.8 Å². The number of hydrogen-bond donors (Lipinski definition) is 1. The van der Waals surface area contributed by atoms with Gasteiger partial charge in [0, 0.05) is 6.54 Å². The first kappa shape index (κ1) is 21.0. The van der Waals surface area contributed by atoms with Crippen LogP contribution >= 0.6 is 11.8 Å². The Morgan fingerprint density at radius 1 is 1.13 bits per heavy atom. The van der Waals surface area contributed by atoms with Crippen LogP contribution in [0.3, 0.4) is 0 Å². The summed E-state index contributed by atoms with van der Waals surface area (Å²) in [5.41, 5.74) is 1.71. The van der Waals surface area contributed by atoms with E-state index in [0.29, 0.717) is 22.0 Å². The second-order valence-electron chi connectivity index (χ2n) is 5.96. The molecular weight excluding hydrogens is 410 g/mol. The average Bonchev–Trinajstić information content (AvgIpc) is 3.24. The largest absolute Gasteiger partial charge is 0.545 e. The fourth-order valence-corrected chi connectivity index (χ4v) is 3.20. The number of carbonyl (C=O) groups is 3. The third-order valence-corrected chi connectivity index (χ3v) is 4.88. The number of aromatic carboxylic acids is 1. The first-order chi connectivity index (χ1) is 14.5. The van der Waals surface area contributed by atoms with Crippen LogP contribution in [0, 0.1) is 0 Å². The van der Waals surface area contributed by atoms with Gasteiger partial charge < -0.3 is 20.0 Å². The van der Waals surface area contributed by atoms with E-state index < -0.39 is 11.9 Å². The molecule has 1 N–H and O–H groups in total. The number of carboxylic acid groups (broad SMARTS) is 1. The van der Waals surface area contributed by atoms with Gasteiger partial charge in [0.15, 0.2) is 0 Å². The molecule has 154 valence electrons. The van der Waals surface area contributed by atoms with Crippen LogP contribution in [0.15, 0.2) is 53.7 Å². The number of benzene rings is 2. The third kappa shape index (κ3) is 5.20. The predicted octanol–water partition coefficient (Wildman–Crippen LogP) is 0.221. The summed E-state index contributed by atoms with van der Waals surface area (Å²) in [7, 11) is 1.30. The number of nitrogens with one attached hydrogen (secondary N) is 1.